The minimum Gasteiger partial charge on any atom is -0.373 e. The van der Waals surface area contributed by atoms with Crippen molar-refractivity contribution in [2.24, 2.45) is 0 Å². The van der Waals surface area contributed by atoms with Gasteiger partial charge in [0, 0.05) is 36.6 Å². The van der Waals surface area contributed by atoms with Crippen molar-refractivity contribution in [1.82, 2.24) is 9.47 Å². The average Bonchev–Trinajstić information content (AvgIpc) is 2.83. The van der Waals surface area contributed by atoms with Crippen LogP contribution in [0, 0.1) is 13.8 Å². The third kappa shape index (κ3) is 4.20. The number of ketones is 1. The van der Waals surface area contributed by atoms with Crippen LogP contribution in [0.25, 0.3) is 0 Å². The first kappa shape index (κ1) is 17.9. The summed E-state index contributed by atoms with van der Waals surface area (Å²) in [6.07, 6.45) is 0.365. The molecule has 3 rings (SSSR count). The van der Waals surface area contributed by atoms with E-state index in [2.05, 4.69) is 54.5 Å². The molecule has 0 spiro atoms. The molecule has 4 heteroatoms. The highest BCUT2D eigenvalue weighted by Gasteiger charge is 2.25. The number of aryl methyl sites for hydroxylation is 1. The lowest BCUT2D eigenvalue weighted by molar-refractivity contribution is -0.0652. The Labute approximate surface area is 150 Å². The topological polar surface area (TPSA) is 34.5 Å². The molecule has 134 valence electrons. The molecule has 0 amide bonds. The lowest BCUT2D eigenvalue weighted by Gasteiger charge is -2.34. The van der Waals surface area contributed by atoms with E-state index in [0.29, 0.717) is 6.54 Å². The Balaban J connectivity index is 1.74. The summed E-state index contributed by atoms with van der Waals surface area (Å²) in [5.74, 6) is 0.203. The van der Waals surface area contributed by atoms with Gasteiger partial charge in [0.15, 0.2) is 5.78 Å². The summed E-state index contributed by atoms with van der Waals surface area (Å²) in [5, 5.41) is 0. The van der Waals surface area contributed by atoms with Crippen LogP contribution >= 0.6 is 0 Å². The van der Waals surface area contributed by atoms with Gasteiger partial charge in [0.1, 0.15) is 0 Å². The lowest BCUT2D eigenvalue weighted by atomic mass is 10.1. The second-order valence-corrected chi connectivity index (χ2v) is 7.23. The van der Waals surface area contributed by atoms with Crippen LogP contribution in [0.15, 0.2) is 36.4 Å². The summed E-state index contributed by atoms with van der Waals surface area (Å²) in [7, 11) is 0. The zero-order valence-electron chi connectivity index (χ0n) is 15.7. The number of morpholine rings is 1. The fourth-order valence-electron chi connectivity index (χ4n) is 3.79. The number of aromatic nitrogens is 1. The maximum Gasteiger partial charge on any atom is 0.178 e. The molecular formula is C21H28N2O2. The molecule has 0 bridgehead atoms. The average molecular weight is 340 g/mol. The molecule has 0 saturated carbocycles. The molecular weight excluding hydrogens is 312 g/mol. The monoisotopic (exact) mass is 340 g/mol. The van der Waals surface area contributed by atoms with Gasteiger partial charge in [-0.25, -0.2) is 0 Å². The Morgan fingerprint density at radius 1 is 1.12 bits per heavy atom. The van der Waals surface area contributed by atoms with Gasteiger partial charge in [-0.3, -0.25) is 9.69 Å². The second kappa shape index (κ2) is 7.54. The summed E-state index contributed by atoms with van der Waals surface area (Å²) in [6, 6.07) is 12.4. The summed E-state index contributed by atoms with van der Waals surface area (Å²) < 4.78 is 7.99. The van der Waals surface area contributed by atoms with E-state index < -0.39 is 0 Å². The first-order valence-electron chi connectivity index (χ1n) is 9.05. The zero-order valence-corrected chi connectivity index (χ0v) is 15.7. The maximum absolute atomic E-state index is 12.9. The Hall–Kier alpha value is -1.91. The van der Waals surface area contributed by atoms with E-state index >= 15 is 0 Å². The number of rotatable bonds is 5. The standard InChI is InChI=1S/C21H28N2O2/c1-15-10-20(18(4)23(15)13-19-8-6-5-7-9-19)21(24)14-22-11-16(2)25-17(3)12-22/h5-10,16-17H,11-14H2,1-4H3. The van der Waals surface area contributed by atoms with Gasteiger partial charge in [-0.1, -0.05) is 30.3 Å². The number of carbonyl (C=O) groups excluding carboxylic acids is 1. The van der Waals surface area contributed by atoms with E-state index in [1.165, 1.54) is 5.56 Å². The minimum absolute atomic E-state index is 0.182. The van der Waals surface area contributed by atoms with Crippen LogP contribution in [0.2, 0.25) is 0 Å². The Kier molecular flexibility index (Phi) is 5.40. The first-order valence-corrected chi connectivity index (χ1v) is 9.05. The molecule has 1 aromatic carbocycles. The summed E-state index contributed by atoms with van der Waals surface area (Å²) in [5.41, 5.74) is 4.29. The van der Waals surface area contributed by atoms with Crippen LogP contribution in [0.5, 0.6) is 0 Å². The SMILES string of the molecule is Cc1cc(C(=O)CN2CC(C)OC(C)C2)c(C)n1Cc1ccccc1. The second-order valence-electron chi connectivity index (χ2n) is 7.23. The number of benzene rings is 1. The normalized spacial score (nSPS) is 21.4. The van der Waals surface area contributed by atoms with Gasteiger partial charge in [-0.2, -0.15) is 0 Å². The zero-order chi connectivity index (χ0) is 18.0. The van der Waals surface area contributed by atoms with Crippen LogP contribution in [-0.4, -0.2) is 47.1 Å². The van der Waals surface area contributed by atoms with Gasteiger partial charge in [0.25, 0.3) is 0 Å². The third-order valence-electron chi connectivity index (χ3n) is 4.92. The smallest absolute Gasteiger partial charge is 0.178 e. The molecule has 1 fully saturated rings. The van der Waals surface area contributed by atoms with Crippen LogP contribution in [0.1, 0.15) is 41.2 Å². The number of hydrogen-bond donors (Lipinski definition) is 0. The number of carbonyl (C=O) groups is 1. The number of ether oxygens (including phenoxy) is 1. The number of hydrogen-bond acceptors (Lipinski definition) is 3. The molecule has 0 radical (unpaired) electrons. The Morgan fingerprint density at radius 2 is 1.76 bits per heavy atom. The molecule has 2 heterocycles. The van der Waals surface area contributed by atoms with Gasteiger partial charge in [0.05, 0.1) is 18.8 Å². The molecule has 4 nitrogen and oxygen atoms in total. The van der Waals surface area contributed by atoms with Gasteiger partial charge < -0.3 is 9.30 Å². The third-order valence-corrected chi connectivity index (χ3v) is 4.92. The van der Waals surface area contributed by atoms with Crippen molar-refractivity contribution in [1.29, 1.82) is 0 Å². The van der Waals surface area contributed by atoms with E-state index in [1.807, 2.05) is 19.1 Å². The predicted octanol–water partition coefficient (Wildman–Crippen LogP) is 3.45. The van der Waals surface area contributed by atoms with Gasteiger partial charge in [0.2, 0.25) is 0 Å². The van der Waals surface area contributed by atoms with E-state index in [9.17, 15) is 4.79 Å². The fraction of sp³-hybridized carbons (Fsp3) is 0.476. The van der Waals surface area contributed by atoms with Crippen LogP contribution in [0.4, 0.5) is 0 Å². The Bertz CT molecular complexity index is 726. The molecule has 25 heavy (non-hydrogen) atoms. The molecule has 0 aliphatic carbocycles. The number of nitrogens with zero attached hydrogens (tertiary/aromatic N) is 2. The Morgan fingerprint density at radius 3 is 2.40 bits per heavy atom. The first-order chi connectivity index (χ1) is 11.9. The van der Waals surface area contributed by atoms with E-state index in [-0.39, 0.29) is 18.0 Å². The quantitative estimate of drug-likeness (QED) is 0.782. The highest BCUT2D eigenvalue weighted by molar-refractivity contribution is 5.99. The van der Waals surface area contributed by atoms with Crippen molar-refractivity contribution in [2.45, 2.75) is 46.4 Å². The van der Waals surface area contributed by atoms with E-state index in [1.54, 1.807) is 0 Å². The molecule has 2 unspecified atom stereocenters. The molecule has 2 atom stereocenters. The minimum atomic E-state index is 0.182. The van der Waals surface area contributed by atoms with E-state index in [0.717, 1.165) is 36.6 Å². The van der Waals surface area contributed by atoms with Crippen LogP contribution in [-0.2, 0) is 11.3 Å². The highest BCUT2D eigenvalue weighted by Crippen LogP contribution is 2.19. The van der Waals surface area contributed by atoms with Crippen molar-refractivity contribution < 1.29 is 9.53 Å². The van der Waals surface area contributed by atoms with Gasteiger partial charge >= 0.3 is 0 Å². The van der Waals surface area contributed by atoms with Crippen molar-refractivity contribution in [3.8, 4) is 0 Å². The highest BCUT2D eigenvalue weighted by atomic mass is 16.5. The van der Waals surface area contributed by atoms with Gasteiger partial charge in [-0.15, -0.1) is 0 Å². The molecule has 1 saturated heterocycles. The van der Waals surface area contributed by atoms with Crippen molar-refractivity contribution in [2.75, 3.05) is 19.6 Å². The van der Waals surface area contributed by atoms with E-state index in [4.69, 9.17) is 4.74 Å². The molecule has 1 aliphatic heterocycles. The van der Waals surface area contributed by atoms with Crippen LogP contribution in [0.3, 0.4) is 0 Å². The van der Waals surface area contributed by atoms with Crippen LogP contribution < -0.4 is 0 Å². The lowest BCUT2D eigenvalue weighted by Crippen LogP contribution is -2.47. The van der Waals surface area contributed by atoms with Crippen molar-refractivity contribution in [3.63, 3.8) is 0 Å². The fourth-order valence-corrected chi connectivity index (χ4v) is 3.79. The summed E-state index contributed by atoms with van der Waals surface area (Å²) in [4.78, 5) is 15.1. The molecule has 0 N–H and O–H groups in total. The number of Topliss-reactive ketones (excluding diaryl/α,β-unsaturated/α-hetero) is 1. The molecule has 1 aromatic heterocycles. The van der Waals surface area contributed by atoms with Gasteiger partial charge in [-0.05, 0) is 39.3 Å². The van der Waals surface area contributed by atoms with Crippen molar-refractivity contribution in [3.05, 3.63) is 58.9 Å². The largest absolute Gasteiger partial charge is 0.373 e. The maximum atomic E-state index is 12.9. The summed E-state index contributed by atoms with van der Waals surface area (Å²) in [6.45, 7) is 11.2. The molecule has 1 aliphatic rings. The van der Waals surface area contributed by atoms with Crippen molar-refractivity contribution >= 4 is 5.78 Å². The summed E-state index contributed by atoms with van der Waals surface area (Å²) >= 11 is 0. The predicted molar refractivity (Wildman–Crippen MR) is 100 cm³/mol. The molecule has 2 aromatic rings.